The van der Waals surface area contributed by atoms with Crippen LogP contribution in [0.1, 0.15) is 44.0 Å². The highest BCUT2D eigenvalue weighted by molar-refractivity contribution is 5.63. The van der Waals surface area contributed by atoms with E-state index in [1.54, 1.807) is 0 Å². The van der Waals surface area contributed by atoms with Crippen molar-refractivity contribution in [2.24, 2.45) is 11.8 Å². The fourth-order valence-corrected chi connectivity index (χ4v) is 5.81. The number of fused-ring (bicyclic) bond motifs is 1. The Morgan fingerprint density at radius 3 is 2.63 bits per heavy atom. The minimum absolute atomic E-state index is 0.0492. The molecule has 2 aromatic rings. The number of nitrogen functional groups attached to an aromatic ring is 1. The fourth-order valence-electron chi connectivity index (χ4n) is 5.81. The molecule has 0 amide bonds. The van der Waals surface area contributed by atoms with Gasteiger partial charge < -0.3 is 10.3 Å². The quantitative estimate of drug-likeness (QED) is 0.683. The van der Waals surface area contributed by atoms with Gasteiger partial charge in [0.15, 0.2) is 0 Å². The third kappa shape index (κ3) is 2.50. The molecule has 0 aromatic carbocycles. The summed E-state index contributed by atoms with van der Waals surface area (Å²) in [6.07, 6.45) is 0.451. The van der Waals surface area contributed by atoms with Gasteiger partial charge in [0, 0.05) is 54.8 Å². The Kier molecular flexibility index (Phi) is 4.23. The molecule has 0 spiro atoms. The van der Waals surface area contributed by atoms with E-state index >= 15 is 0 Å². The molecule has 2 saturated heterocycles. The Labute approximate surface area is 172 Å². The first-order valence-corrected chi connectivity index (χ1v) is 10.5. The number of rotatable bonds is 7. The molecule has 0 radical (unpaired) electrons. The van der Waals surface area contributed by atoms with Gasteiger partial charge in [0.2, 0.25) is 0 Å². The van der Waals surface area contributed by atoms with E-state index in [0.717, 1.165) is 31.3 Å². The van der Waals surface area contributed by atoms with Gasteiger partial charge in [-0.3, -0.25) is 4.90 Å². The molecule has 9 heteroatoms. The van der Waals surface area contributed by atoms with E-state index in [1.807, 2.05) is 6.20 Å². The summed E-state index contributed by atoms with van der Waals surface area (Å²) in [4.78, 5) is 10.8. The van der Waals surface area contributed by atoms with Gasteiger partial charge in [-0.25, -0.2) is 14.4 Å². The Morgan fingerprint density at radius 1 is 1.30 bits per heavy atom. The molecule has 4 heterocycles. The number of halogens is 4. The van der Waals surface area contributed by atoms with Gasteiger partial charge in [-0.2, -0.15) is 13.2 Å². The molecule has 2 aliphatic carbocycles. The average molecular weight is 423 g/mol. The second-order valence-corrected chi connectivity index (χ2v) is 8.67. The Hall–Kier alpha value is -2.16. The van der Waals surface area contributed by atoms with Gasteiger partial charge in [-0.05, 0) is 18.9 Å². The zero-order valence-corrected chi connectivity index (χ0v) is 17.0. The van der Waals surface area contributed by atoms with Crippen molar-refractivity contribution >= 4 is 5.82 Å². The maximum Gasteiger partial charge on any atom is 0.419 e. The van der Waals surface area contributed by atoms with E-state index in [1.165, 1.54) is 6.20 Å². The first-order chi connectivity index (χ1) is 14.3. The molecule has 6 rings (SSSR count). The van der Waals surface area contributed by atoms with Gasteiger partial charge in [0.05, 0.1) is 16.8 Å². The lowest BCUT2D eigenvalue weighted by Gasteiger charge is -2.20. The lowest BCUT2D eigenvalue weighted by Crippen LogP contribution is -2.28. The number of nitrogens with zero attached hydrogens (tertiary/aromatic N) is 4. The number of aromatic nitrogens is 3. The van der Waals surface area contributed by atoms with Gasteiger partial charge >= 0.3 is 6.18 Å². The van der Waals surface area contributed by atoms with E-state index in [9.17, 15) is 17.6 Å². The molecule has 2 bridgehead atoms. The van der Waals surface area contributed by atoms with Crippen LogP contribution in [0.2, 0.25) is 0 Å². The summed E-state index contributed by atoms with van der Waals surface area (Å²) >= 11 is 0. The van der Waals surface area contributed by atoms with Crippen molar-refractivity contribution in [3.63, 3.8) is 0 Å². The number of pyridine rings is 1. The van der Waals surface area contributed by atoms with E-state index in [4.69, 9.17) is 10.7 Å². The lowest BCUT2D eigenvalue weighted by molar-refractivity contribution is -0.137. The molecule has 30 heavy (non-hydrogen) atoms. The highest BCUT2D eigenvalue weighted by atomic mass is 19.4. The first-order valence-electron chi connectivity index (χ1n) is 10.5. The Bertz CT molecular complexity index is 976. The third-order valence-electron chi connectivity index (χ3n) is 7.37. The molecular formula is C21H25F4N5. The summed E-state index contributed by atoms with van der Waals surface area (Å²) in [6.45, 7) is 5.16. The summed E-state index contributed by atoms with van der Waals surface area (Å²) in [5, 5.41) is 0. The van der Waals surface area contributed by atoms with Crippen LogP contribution < -0.4 is 5.73 Å². The van der Waals surface area contributed by atoms with Crippen LogP contribution in [0.3, 0.4) is 0 Å². The van der Waals surface area contributed by atoms with Gasteiger partial charge in [0.25, 0.3) is 0 Å². The predicted molar refractivity (Wildman–Crippen MR) is 104 cm³/mol. The third-order valence-corrected chi connectivity index (χ3v) is 7.37. The van der Waals surface area contributed by atoms with Crippen LogP contribution in [-0.2, 0) is 11.7 Å². The van der Waals surface area contributed by atoms with Crippen LogP contribution in [-0.4, -0.2) is 45.2 Å². The molecule has 2 aromatic heterocycles. The predicted octanol–water partition coefficient (Wildman–Crippen LogP) is 4.06. The van der Waals surface area contributed by atoms with Crippen molar-refractivity contribution in [2.45, 2.75) is 50.4 Å². The number of anilines is 1. The first kappa shape index (κ1) is 19.8. The zero-order chi connectivity index (χ0) is 21.4. The van der Waals surface area contributed by atoms with Crippen molar-refractivity contribution in [2.75, 3.05) is 25.5 Å². The number of nitrogens with two attached hydrogens (primary N) is 1. The molecule has 1 unspecified atom stereocenters. The molecule has 162 valence electrons. The highest BCUT2D eigenvalue weighted by Crippen LogP contribution is 2.83. The van der Waals surface area contributed by atoms with E-state index in [-0.39, 0.29) is 18.1 Å². The molecule has 2 N–H and O–H groups in total. The normalized spacial score (nSPS) is 29.5. The Balaban J connectivity index is 1.56. The summed E-state index contributed by atoms with van der Waals surface area (Å²) in [5.74, 6) is 1.59. The van der Waals surface area contributed by atoms with Crippen molar-refractivity contribution in [3.8, 4) is 11.3 Å². The summed E-state index contributed by atoms with van der Waals surface area (Å²) in [7, 11) is 0. The van der Waals surface area contributed by atoms with Crippen LogP contribution in [0, 0.1) is 11.8 Å². The number of imidazole rings is 1. The summed E-state index contributed by atoms with van der Waals surface area (Å²) < 4.78 is 55.1. The van der Waals surface area contributed by atoms with Crippen LogP contribution in [0.4, 0.5) is 23.4 Å². The van der Waals surface area contributed by atoms with Crippen LogP contribution in [0.15, 0.2) is 18.5 Å². The fraction of sp³-hybridized carbons (Fsp3) is 0.619. The highest BCUT2D eigenvalue weighted by Gasteiger charge is 2.93. The van der Waals surface area contributed by atoms with E-state index in [0.29, 0.717) is 35.7 Å². The second kappa shape index (κ2) is 6.42. The molecule has 4 fully saturated rings. The van der Waals surface area contributed by atoms with Gasteiger partial charge in [0.1, 0.15) is 18.3 Å². The number of alkyl halides is 4. The largest absolute Gasteiger partial charge is 0.419 e. The zero-order valence-electron chi connectivity index (χ0n) is 17.0. The van der Waals surface area contributed by atoms with Crippen molar-refractivity contribution in [1.82, 2.24) is 19.4 Å². The van der Waals surface area contributed by atoms with E-state index < -0.39 is 17.6 Å². The van der Waals surface area contributed by atoms with E-state index in [2.05, 4.69) is 28.3 Å². The van der Waals surface area contributed by atoms with Crippen molar-refractivity contribution in [3.05, 3.63) is 29.8 Å². The molecular weight excluding hydrogens is 398 g/mol. The smallest absolute Gasteiger partial charge is 0.383 e. The van der Waals surface area contributed by atoms with Crippen LogP contribution in [0.25, 0.3) is 11.3 Å². The number of piperidine rings is 1. The maximum absolute atomic E-state index is 13.3. The van der Waals surface area contributed by atoms with Crippen LogP contribution >= 0.6 is 0 Å². The minimum atomic E-state index is -4.57. The van der Waals surface area contributed by atoms with Gasteiger partial charge in [-0.15, -0.1) is 0 Å². The standard InChI is InChI=1S/C21H25F4N5/c1-3-11(4-2)19-28-15(12-7-13(21(23,24)25)18(26)27-8-12)10-30(19)20-14-9-29(6-5-22)17(20)16(14)20/h7-8,10-11,14,16-17H,3-6,9H2,1-2H3,(H2,26,27)/t14-,16-,17?,20-/m1/s1. The van der Waals surface area contributed by atoms with Crippen molar-refractivity contribution < 1.29 is 17.6 Å². The number of hydrogen-bond acceptors (Lipinski definition) is 4. The maximum atomic E-state index is 13.3. The minimum Gasteiger partial charge on any atom is -0.383 e. The molecule has 4 atom stereocenters. The van der Waals surface area contributed by atoms with Crippen molar-refractivity contribution in [1.29, 1.82) is 0 Å². The Morgan fingerprint density at radius 2 is 2.03 bits per heavy atom. The molecule has 5 nitrogen and oxygen atoms in total. The SMILES string of the molecule is CCC(CC)c1nc(-c2cnc(N)c(C(F)(F)F)c2)cn1[C@@]12C3[C@H]1[C@H]2CN3CCF. The lowest BCUT2D eigenvalue weighted by atomic mass is 10.0. The number of hydrogen-bond donors (Lipinski definition) is 1. The van der Waals surface area contributed by atoms with Crippen LogP contribution in [0.5, 0.6) is 0 Å². The summed E-state index contributed by atoms with van der Waals surface area (Å²) in [6, 6.07) is 1.36. The molecule has 2 aliphatic heterocycles. The second-order valence-electron chi connectivity index (χ2n) is 8.67. The molecule has 4 aliphatic rings. The molecule has 2 saturated carbocycles. The average Bonchev–Trinajstić information content (AvgIpc) is 3.27. The summed E-state index contributed by atoms with van der Waals surface area (Å²) in [5.41, 5.74) is 5.26. The monoisotopic (exact) mass is 423 g/mol. The topological polar surface area (TPSA) is 60.0 Å². The van der Waals surface area contributed by atoms with Gasteiger partial charge in [-0.1, -0.05) is 13.8 Å².